The highest BCUT2D eigenvalue weighted by Crippen LogP contribution is 2.36. The van der Waals surface area contributed by atoms with Crippen LogP contribution in [0.25, 0.3) is 16.7 Å². The van der Waals surface area contributed by atoms with Crippen molar-refractivity contribution >= 4 is 29.8 Å². The molecule has 0 aliphatic carbocycles. The Morgan fingerprint density at radius 3 is 2.71 bits per heavy atom. The molecule has 1 unspecified atom stereocenters. The number of carbonyl (C=O) groups excluding carboxylic acids is 1. The van der Waals surface area contributed by atoms with Crippen molar-refractivity contribution in [2.75, 3.05) is 6.54 Å². The summed E-state index contributed by atoms with van der Waals surface area (Å²) in [6.45, 7) is 4.16. The molecule has 1 amide bonds. The summed E-state index contributed by atoms with van der Waals surface area (Å²) in [5.41, 5.74) is 3.49. The molecule has 7 nitrogen and oxygen atoms in total. The van der Waals surface area contributed by atoms with Crippen LogP contribution in [-0.4, -0.2) is 41.3 Å². The maximum Gasteiger partial charge on any atom is 0.259 e. The molecular formula is C22H21FN6OS. The number of imidazole rings is 1. The number of halogens is 1. The molecule has 0 radical (unpaired) electrons. The summed E-state index contributed by atoms with van der Waals surface area (Å²) in [4.78, 5) is 21.4. The maximum absolute atomic E-state index is 15.2. The standard InChI is InChI=1S/C22H21FN6OS/c1-13-5-7-16-15(12-13)26-21(28(16)31)18-4-3-11-27(18)22(30)19-17(29-24-9-10-25-29)8-6-14(2)20(19)23/h5-10,12,18,31H,3-4,11H2,1-2H3. The molecule has 0 saturated carbocycles. The van der Waals surface area contributed by atoms with Crippen LogP contribution in [0.3, 0.4) is 0 Å². The number of aromatic nitrogens is 5. The minimum Gasteiger partial charge on any atom is -0.328 e. The Balaban J connectivity index is 1.59. The van der Waals surface area contributed by atoms with Crippen molar-refractivity contribution in [3.8, 4) is 5.69 Å². The van der Waals surface area contributed by atoms with Crippen LogP contribution in [-0.2, 0) is 0 Å². The second kappa shape index (κ2) is 7.49. The van der Waals surface area contributed by atoms with Gasteiger partial charge >= 0.3 is 0 Å². The van der Waals surface area contributed by atoms with Crippen molar-refractivity contribution in [3.05, 3.63) is 71.1 Å². The van der Waals surface area contributed by atoms with Gasteiger partial charge in [0, 0.05) is 6.54 Å². The fourth-order valence-electron chi connectivity index (χ4n) is 4.21. The average Bonchev–Trinajstić information content (AvgIpc) is 3.49. The van der Waals surface area contributed by atoms with E-state index in [1.54, 1.807) is 27.9 Å². The average molecular weight is 437 g/mol. The van der Waals surface area contributed by atoms with Gasteiger partial charge < -0.3 is 4.90 Å². The third-order valence-corrected chi connectivity index (χ3v) is 6.20. The van der Waals surface area contributed by atoms with E-state index in [4.69, 9.17) is 4.98 Å². The molecule has 0 N–H and O–H groups in total. The lowest BCUT2D eigenvalue weighted by molar-refractivity contribution is 0.0724. The first-order valence-electron chi connectivity index (χ1n) is 10.1. The molecule has 1 fully saturated rings. The van der Waals surface area contributed by atoms with Crippen molar-refractivity contribution in [3.63, 3.8) is 0 Å². The summed E-state index contributed by atoms with van der Waals surface area (Å²) < 4.78 is 17.0. The topological polar surface area (TPSA) is 68.8 Å². The zero-order valence-corrected chi connectivity index (χ0v) is 18.1. The smallest absolute Gasteiger partial charge is 0.259 e. The highest BCUT2D eigenvalue weighted by atomic mass is 32.1. The van der Waals surface area contributed by atoms with E-state index in [-0.39, 0.29) is 11.6 Å². The van der Waals surface area contributed by atoms with Crippen molar-refractivity contribution in [1.29, 1.82) is 0 Å². The van der Waals surface area contributed by atoms with Gasteiger partial charge in [-0.15, -0.1) is 0 Å². The van der Waals surface area contributed by atoms with Gasteiger partial charge in [0.25, 0.3) is 5.91 Å². The van der Waals surface area contributed by atoms with Gasteiger partial charge in [-0.25, -0.2) is 9.37 Å². The molecule has 2 aromatic carbocycles. The summed E-state index contributed by atoms with van der Waals surface area (Å²) in [6, 6.07) is 8.97. The van der Waals surface area contributed by atoms with Crippen molar-refractivity contribution < 1.29 is 9.18 Å². The number of rotatable bonds is 3. The monoisotopic (exact) mass is 436 g/mol. The lowest BCUT2D eigenvalue weighted by atomic mass is 10.1. The molecule has 158 valence electrons. The van der Waals surface area contributed by atoms with Crippen LogP contribution in [0.2, 0.25) is 0 Å². The van der Waals surface area contributed by atoms with Crippen LogP contribution < -0.4 is 0 Å². The number of hydrogen-bond acceptors (Lipinski definition) is 5. The second-order valence-electron chi connectivity index (χ2n) is 7.84. The van der Waals surface area contributed by atoms with E-state index in [2.05, 4.69) is 23.0 Å². The van der Waals surface area contributed by atoms with Crippen LogP contribution in [0.1, 0.15) is 46.2 Å². The van der Waals surface area contributed by atoms with Crippen LogP contribution in [0.4, 0.5) is 4.39 Å². The molecule has 1 aliphatic rings. The quantitative estimate of drug-likeness (QED) is 0.492. The van der Waals surface area contributed by atoms with Gasteiger partial charge in [0.15, 0.2) is 0 Å². The minimum atomic E-state index is -0.555. The van der Waals surface area contributed by atoms with E-state index in [1.165, 1.54) is 17.2 Å². The van der Waals surface area contributed by atoms with Gasteiger partial charge in [-0.1, -0.05) is 24.9 Å². The molecule has 2 aromatic heterocycles. The lowest BCUT2D eigenvalue weighted by Crippen LogP contribution is -2.33. The van der Waals surface area contributed by atoms with Gasteiger partial charge in [-0.2, -0.15) is 15.0 Å². The summed E-state index contributed by atoms with van der Waals surface area (Å²) in [7, 11) is 0. The van der Waals surface area contributed by atoms with E-state index < -0.39 is 11.7 Å². The number of likely N-dealkylation sites (tertiary alicyclic amines) is 1. The molecular weight excluding hydrogens is 415 g/mol. The molecule has 0 bridgehead atoms. The van der Waals surface area contributed by atoms with E-state index in [9.17, 15) is 4.79 Å². The van der Waals surface area contributed by atoms with Crippen LogP contribution in [0.15, 0.2) is 42.7 Å². The normalized spacial score (nSPS) is 16.4. The molecule has 9 heteroatoms. The van der Waals surface area contributed by atoms with Gasteiger partial charge in [-0.3, -0.25) is 8.77 Å². The van der Waals surface area contributed by atoms with Crippen molar-refractivity contribution in [2.24, 2.45) is 0 Å². The van der Waals surface area contributed by atoms with Crippen molar-refractivity contribution in [1.82, 2.24) is 28.9 Å². The lowest BCUT2D eigenvalue weighted by Gasteiger charge is -2.25. The Bertz CT molecular complexity index is 1300. The predicted octanol–water partition coefficient (Wildman–Crippen LogP) is 4.04. The third kappa shape index (κ3) is 3.20. The van der Waals surface area contributed by atoms with Crippen LogP contribution in [0.5, 0.6) is 0 Å². The number of carbonyl (C=O) groups is 1. The van der Waals surface area contributed by atoms with Crippen LogP contribution in [0, 0.1) is 19.7 Å². The summed E-state index contributed by atoms with van der Waals surface area (Å²) >= 11 is 4.64. The van der Waals surface area contributed by atoms with Gasteiger partial charge in [0.1, 0.15) is 22.9 Å². The Morgan fingerprint density at radius 2 is 1.94 bits per heavy atom. The highest BCUT2D eigenvalue weighted by molar-refractivity contribution is 7.78. The van der Waals surface area contributed by atoms with Gasteiger partial charge in [0.05, 0.1) is 29.5 Å². The molecule has 1 saturated heterocycles. The summed E-state index contributed by atoms with van der Waals surface area (Å²) in [5, 5.41) is 8.19. The van der Waals surface area contributed by atoms with E-state index in [1.807, 2.05) is 25.1 Å². The number of nitrogens with zero attached hydrogens (tertiary/aromatic N) is 6. The zero-order valence-electron chi connectivity index (χ0n) is 17.2. The van der Waals surface area contributed by atoms with Crippen molar-refractivity contribution in [2.45, 2.75) is 32.7 Å². The van der Waals surface area contributed by atoms with E-state index in [0.29, 0.717) is 23.6 Å². The fourth-order valence-corrected chi connectivity index (χ4v) is 4.56. The predicted molar refractivity (Wildman–Crippen MR) is 118 cm³/mol. The molecule has 0 spiro atoms. The minimum absolute atomic E-state index is 0.0271. The molecule has 3 heterocycles. The molecule has 5 rings (SSSR count). The van der Waals surface area contributed by atoms with Crippen LogP contribution >= 0.6 is 12.8 Å². The summed E-state index contributed by atoms with van der Waals surface area (Å²) in [5.74, 6) is -0.269. The SMILES string of the molecule is Cc1ccc2c(c1)nc(C1CCCN1C(=O)c1c(-n3nccn3)ccc(C)c1F)n2S. The number of thiol groups is 1. The Hall–Kier alpha value is -3.20. The first-order chi connectivity index (χ1) is 15.0. The maximum atomic E-state index is 15.2. The highest BCUT2D eigenvalue weighted by Gasteiger charge is 2.36. The number of benzene rings is 2. The fraction of sp³-hybridized carbons (Fsp3) is 0.273. The Kier molecular flexibility index (Phi) is 4.77. The molecule has 1 aliphatic heterocycles. The summed E-state index contributed by atoms with van der Waals surface area (Å²) in [6.07, 6.45) is 4.53. The molecule has 4 aromatic rings. The first kappa shape index (κ1) is 19.7. The van der Waals surface area contributed by atoms with E-state index in [0.717, 1.165) is 29.4 Å². The number of amides is 1. The largest absolute Gasteiger partial charge is 0.328 e. The number of fused-ring (bicyclic) bond motifs is 1. The Morgan fingerprint density at radius 1 is 1.16 bits per heavy atom. The number of aryl methyl sites for hydroxylation is 2. The second-order valence-corrected chi connectivity index (χ2v) is 8.24. The third-order valence-electron chi connectivity index (χ3n) is 5.78. The van der Waals surface area contributed by atoms with E-state index >= 15 is 4.39 Å². The number of hydrogen-bond donors (Lipinski definition) is 1. The Labute approximate surface area is 184 Å². The molecule has 1 atom stereocenters. The zero-order chi connectivity index (χ0) is 21.7. The van der Waals surface area contributed by atoms with Gasteiger partial charge in [-0.05, 0) is 56.0 Å². The first-order valence-corrected chi connectivity index (χ1v) is 10.5. The molecule has 31 heavy (non-hydrogen) atoms. The van der Waals surface area contributed by atoms with Gasteiger partial charge in [0.2, 0.25) is 0 Å².